The minimum absolute atomic E-state index is 0.119. The van der Waals surface area contributed by atoms with Gasteiger partial charge >= 0.3 is 0 Å². The third kappa shape index (κ3) is 4.93. The summed E-state index contributed by atoms with van der Waals surface area (Å²) in [5.41, 5.74) is 1.50. The van der Waals surface area contributed by atoms with Gasteiger partial charge < -0.3 is 4.74 Å². The van der Waals surface area contributed by atoms with E-state index in [0.29, 0.717) is 12.2 Å². The van der Waals surface area contributed by atoms with Gasteiger partial charge in [-0.25, -0.2) is 0 Å². The van der Waals surface area contributed by atoms with Crippen molar-refractivity contribution in [3.05, 3.63) is 72.9 Å². The van der Waals surface area contributed by atoms with E-state index in [0.717, 1.165) is 5.56 Å². The first-order chi connectivity index (χ1) is 8.63. The number of hydrogen-bond donors (Lipinski definition) is 0. The van der Waals surface area contributed by atoms with E-state index >= 15 is 0 Å². The van der Waals surface area contributed by atoms with Crippen LogP contribution in [0.4, 0.5) is 0 Å². The average Bonchev–Trinajstić information content (AvgIpc) is 2.42. The number of benzene rings is 1. The van der Waals surface area contributed by atoms with Crippen molar-refractivity contribution < 1.29 is 9.53 Å². The predicted molar refractivity (Wildman–Crippen MR) is 74.2 cm³/mol. The summed E-state index contributed by atoms with van der Waals surface area (Å²) < 4.78 is 5.60. The minimum Gasteiger partial charge on any atom is -0.370 e. The fourth-order valence-electron chi connectivity index (χ4n) is 1.29. The summed E-state index contributed by atoms with van der Waals surface area (Å²) in [5, 5.41) is 0. The van der Waals surface area contributed by atoms with Crippen molar-refractivity contribution in [3.8, 4) is 0 Å². The molecule has 0 bridgehead atoms. The molecule has 0 aliphatic heterocycles. The van der Waals surface area contributed by atoms with Gasteiger partial charge in [-0.3, -0.25) is 4.79 Å². The lowest BCUT2D eigenvalue weighted by molar-refractivity contribution is -0.111. The molecule has 0 aromatic heterocycles. The fraction of sp³-hybridized carbons (Fsp3) is 0.188. The summed E-state index contributed by atoms with van der Waals surface area (Å²) in [6, 6.07) is 9.91. The molecule has 0 saturated heterocycles. The van der Waals surface area contributed by atoms with Crippen LogP contribution in [-0.4, -0.2) is 11.9 Å². The van der Waals surface area contributed by atoms with Crippen molar-refractivity contribution in [2.45, 2.75) is 19.6 Å². The molecule has 18 heavy (non-hydrogen) atoms. The Kier molecular flexibility index (Phi) is 5.81. The van der Waals surface area contributed by atoms with Crippen LogP contribution in [0.3, 0.4) is 0 Å². The first kappa shape index (κ1) is 14.1. The second-order valence-electron chi connectivity index (χ2n) is 3.95. The van der Waals surface area contributed by atoms with Gasteiger partial charge in [-0.1, -0.05) is 55.6 Å². The van der Waals surface area contributed by atoms with Crippen molar-refractivity contribution in [2.24, 2.45) is 0 Å². The van der Waals surface area contributed by atoms with E-state index in [9.17, 15) is 4.79 Å². The van der Waals surface area contributed by atoms with Crippen LogP contribution in [-0.2, 0) is 16.1 Å². The predicted octanol–water partition coefficient (Wildman–Crippen LogP) is 3.46. The van der Waals surface area contributed by atoms with E-state index in [1.165, 1.54) is 12.2 Å². The number of rotatable bonds is 7. The molecule has 0 N–H and O–H groups in total. The monoisotopic (exact) mass is 242 g/mol. The third-order valence-electron chi connectivity index (χ3n) is 2.44. The van der Waals surface area contributed by atoms with Gasteiger partial charge in [0.1, 0.15) is 0 Å². The smallest absolute Gasteiger partial charge is 0.184 e. The molecular weight excluding hydrogens is 224 g/mol. The molecule has 0 amide bonds. The highest BCUT2D eigenvalue weighted by Gasteiger charge is 2.01. The van der Waals surface area contributed by atoms with Crippen LogP contribution in [0.25, 0.3) is 0 Å². The van der Waals surface area contributed by atoms with E-state index in [2.05, 4.69) is 13.2 Å². The first-order valence-electron chi connectivity index (χ1n) is 5.83. The van der Waals surface area contributed by atoms with Crippen LogP contribution >= 0.6 is 0 Å². The topological polar surface area (TPSA) is 26.3 Å². The molecule has 0 radical (unpaired) electrons. The highest BCUT2D eigenvalue weighted by molar-refractivity contribution is 6.05. The van der Waals surface area contributed by atoms with Crippen molar-refractivity contribution in [2.75, 3.05) is 0 Å². The van der Waals surface area contributed by atoms with Gasteiger partial charge in [0.25, 0.3) is 0 Å². The Morgan fingerprint density at radius 3 is 2.67 bits per heavy atom. The summed E-state index contributed by atoms with van der Waals surface area (Å²) in [7, 11) is 0. The Morgan fingerprint density at radius 2 is 2.06 bits per heavy atom. The molecule has 0 saturated carbocycles. The second kappa shape index (κ2) is 7.41. The van der Waals surface area contributed by atoms with Crippen LogP contribution < -0.4 is 0 Å². The maximum atomic E-state index is 11.4. The molecule has 94 valence electrons. The first-order valence-corrected chi connectivity index (χ1v) is 5.83. The lowest BCUT2D eigenvalue weighted by atomic mass is 10.1. The number of allylic oxidation sites excluding steroid dienone is 3. The van der Waals surface area contributed by atoms with Gasteiger partial charge in [-0.05, 0) is 18.6 Å². The van der Waals surface area contributed by atoms with E-state index < -0.39 is 0 Å². The quantitative estimate of drug-likeness (QED) is 0.540. The molecule has 2 nitrogen and oxygen atoms in total. The lowest BCUT2D eigenvalue weighted by Crippen LogP contribution is -2.05. The number of hydrogen-bond acceptors (Lipinski definition) is 2. The molecule has 1 atom stereocenters. The lowest BCUT2D eigenvalue weighted by Gasteiger charge is -2.08. The molecular formula is C16H18O2. The second-order valence-corrected chi connectivity index (χ2v) is 3.95. The highest BCUT2D eigenvalue weighted by Crippen LogP contribution is 2.04. The number of carbonyl (C=O) groups excluding carboxylic acids is 1. The average molecular weight is 242 g/mol. The van der Waals surface area contributed by atoms with Gasteiger partial charge in [0.2, 0.25) is 0 Å². The maximum absolute atomic E-state index is 11.4. The molecule has 0 fully saturated rings. The molecule has 2 heteroatoms. The van der Waals surface area contributed by atoms with E-state index in [-0.39, 0.29) is 11.9 Å². The standard InChI is InChI=1S/C16H18O2/c1-4-13(2)16(17)11-10-14(3)18-12-15-8-6-5-7-9-15/h4-11,14H,1-2,12H2,3H3/b11-10+/t14-/m0/s1. The van der Waals surface area contributed by atoms with E-state index in [1.807, 2.05) is 37.3 Å². The molecule has 0 aliphatic carbocycles. The van der Waals surface area contributed by atoms with E-state index in [4.69, 9.17) is 4.74 Å². The summed E-state index contributed by atoms with van der Waals surface area (Å²) in [4.78, 5) is 11.4. The molecule has 1 aromatic rings. The molecule has 0 unspecified atom stereocenters. The van der Waals surface area contributed by atoms with Gasteiger partial charge in [0.15, 0.2) is 5.78 Å². The highest BCUT2D eigenvalue weighted by atomic mass is 16.5. The zero-order valence-electron chi connectivity index (χ0n) is 10.6. The summed E-state index contributed by atoms with van der Waals surface area (Å²) >= 11 is 0. The minimum atomic E-state index is -0.139. The molecule has 0 aliphatic rings. The number of carbonyl (C=O) groups is 1. The van der Waals surface area contributed by atoms with Gasteiger partial charge in [0, 0.05) is 5.57 Å². The summed E-state index contributed by atoms with van der Waals surface area (Å²) in [6.07, 6.45) is 4.52. The Labute approximate surface area is 108 Å². The molecule has 1 aromatic carbocycles. The van der Waals surface area contributed by atoms with Gasteiger partial charge in [-0.15, -0.1) is 0 Å². The van der Waals surface area contributed by atoms with Crippen LogP contribution in [0.5, 0.6) is 0 Å². The van der Waals surface area contributed by atoms with Crippen molar-refractivity contribution >= 4 is 5.78 Å². The summed E-state index contributed by atoms with van der Waals surface area (Å²) in [5.74, 6) is -0.139. The zero-order valence-corrected chi connectivity index (χ0v) is 10.6. The van der Waals surface area contributed by atoms with Crippen molar-refractivity contribution in [1.29, 1.82) is 0 Å². The molecule has 0 heterocycles. The van der Waals surface area contributed by atoms with Crippen LogP contribution in [0.1, 0.15) is 12.5 Å². The summed E-state index contributed by atoms with van der Waals surface area (Å²) in [6.45, 7) is 9.51. The van der Waals surface area contributed by atoms with Crippen LogP contribution in [0, 0.1) is 0 Å². The van der Waals surface area contributed by atoms with Gasteiger partial charge in [0.05, 0.1) is 12.7 Å². The van der Waals surface area contributed by atoms with Crippen LogP contribution in [0.2, 0.25) is 0 Å². The number of ketones is 1. The normalized spacial score (nSPS) is 12.3. The fourth-order valence-corrected chi connectivity index (χ4v) is 1.29. The molecule has 0 spiro atoms. The van der Waals surface area contributed by atoms with E-state index in [1.54, 1.807) is 6.08 Å². The Hall–Kier alpha value is -1.93. The Balaban J connectivity index is 2.40. The zero-order chi connectivity index (χ0) is 13.4. The van der Waals surface area contributed by atoms with Crippen molar-refractivity contribution in [1.82, 2.24) is 0 Å². The number of ether oxygens (including phenoxy) is 1. The Bertz CT molecular complexity index is 443. The SMILES string of the molecule is C=CC(=C)C(=O)/C=C/[C@H](C)OCc1ccccc1. The van der Waals surface area contributed by atoms with Gasteiger partial charge in [-0.2, -0.15) is 0 Å². The van der Waals surface area contributed by atoms with Crippen LogP contribution in [0.15, 0.2) is 67.3 Å². The van der Waals surface area contributed by atoms with Crippen molar-refractivity contribution in [3.63, 3.8) is 0 Å². The Morgan fingerprint density at radius 1 is 1.39 bits per heavy atom. The largest absolute Gasteiger partial charge is 0.370 e. The molecule has 1 rings (SSSR count). The maximum Gasteiger partial charge on any atom is 0.184 e. The third-order valence-corrected chi connectivity index (χ3v) is 2.44.